The first kappa shape index (κ1) is 21.9. The number of anilines is 2. The highest BCUT2D eigenvalue weighted by molar-refractivity contribution is 6.29. The zero-order chi connectivity index (χ0) is 22.7. The molecule has 1 aromatic carbocycles. The van der Waals surface area contributed by atoms with E-state index in [-0.39, 0.29) is 23.9 Å². The Bertz CT molecular complexity index is 1150. The number of hydrogen-bond donors (Lipinski definition) is 1. The van der Waals surface area contributed by atoms with E-state index in [9.17, 15) is 14.0 Å². The normalized spacial score (nSPS) is 13.0. The summed E-state index contributed by atoms with van der Waals surface area (Å²) in [6, 6.07) is 13.2. The molecular weight excluding hydrogens is 431 g/mol. The highest BCUT2D eigenvalue weighted by Crippen LogP contribution is 2.33. The number of halogens is 2. The summed E-state index contributed by atoms with van der Waals surface area (Å²) in [6.45, 7) is 2.00. The molecule has 1 N–H and O–H groups in total. The Labute approximate surface area is 190 Å². The number of pyridine rings is 2. The zero-order valence-corrected chi connectivity index (χ0v) is 18.3. The maximum absolute atomic E-state index is 14.8. The second-order valence-electron chi connectivity index (χ2n) is 7.85. The second-order valence-corrected chi connectivity index (χ2v) is 8.24. The Balaban J connectivity index is 1.43. The lowest BCUT2D eigenvalue weighted by Crippen LogP contribution is -2.31. The quantitative estimate of drug-likeness (QED) is 0.518. The number of benzene rings is 1. The van der Waals surface area contributed by atoms with Gasteiger partial charge in [-0.1, -0.05) is 23.7 Å². The van der Waals surface area contributed by atoms with Gasteiger partial charge in [0, 0.05) is 19.0 Å². The van der Waals surface area contributed by atoms with E-state index < -0.39 is 5.82 Å². The third-order valence-electron chi connectivity index (χ3n) is 5.21. The molecule has 2 heterocycles. The fourth-order valence-corrected chi connectivity index (χ4v) is 3.58. The van der Waals surface area contributed by atoms with Crippen molar-refractivity contribution in [3.8, 4) is 11.3 Å². The van der Waals surface area contributed by atoms with E-state index in [0.717, 1.165) is 12.8 Å². The van der Waals surface area contributed by atoms with Gasteiger partial charge in [0.25, 0.3) is 0 Å². The maximum Gasteiger partial charge on any atom is 0.230 e. The Hall–Kier alpha value is -3.32. The molecule has 0 bridgehead atoms. The Kier molecular flexibility index (Phi) is 6.46. The van der Waals surface area contributed by atoms with E-state index in [2.05, 4.69) is 15.3 Å². The Morgan fingerprint density at radius 2 is 2.00 bits per heavy atom. The van der Waals surface area contributed by atoms with Gasteiger partial charge in [-0.2, -0.15) is 0 Å². The van der Waals surface area contributed by atoms with Gasteiger partial charge in [-0.3, -0.25) is 14.6 Å². The van der Waals surface area contributed by atoms with Crippen LogP contribution in [0.3, 0.4) is 0 Å². The maximum atomic E-state index is 14.8. The average Bonchev–Trinajstić information content (AvgIpc) is 3.57. The predicted molar refractivity (Wildman–Crippen MR) is 122 cm³/mol. The molecular formula is C24H22ClFN4O2. The monoisotopic (exact) mass is 452 g/mol. The van der Waals surface area contributed by atoms with E-state index in [1.54, 1.807) is 42.5 Å². The van der Waals surface area contributed by atoms with E-state index >= 15 is 0 Å². The molecule has 0 atom stereocenters. The third-order valence-corrected chi connectivity index (χ3v) is 5.42. The molecule has 0 unspecified atom stereocenters. The molecule has 1 saturated carbocycles. The SMILES string of the molecule is CC(=O)N(CC1CC1)c1ccc(-c2ccc(NC(=O)Cc3cccc(Cl)n3)cn2)cc1F. The summed E-state index contributed by atoms with van der Waals surface area (Å²) in [6.07, 6.45) is 3.75. The summed E-state index contributed by atoms with van der Waals surface area (Å²) >= 11 is 5.84. The van der Waals surface area contributed by atoms with Crippen molar-refractivity contribution < 1.29 is 14.0 Å². The minimum Gasteiger partial charge on any atom is -0.324 e. The van der Waals surface area contributed by atoms with Crippen LogP contribution in [-0.2, 0) is 16.0 Å². The highest BCUT2D eigenvalue weighted by Gasteiger charge is 2.27. The molecule has 4 rings (SSSR count). The van der Waals surface area contributed by atoms with Crippen LogP contribution in [0.4, 0.5) is 15.8 Å². The van der Waals surface area contributed by atoms with Gasteiger partial charge in [0.05, 0.1) is 35.4 Å². The number of carbonyl (C=O) groups is 2. The molecule has 1 aliphatic rings. The summed E-state index contributed by atoms with van der Waals surface area (Å²) in [5.74, 6) is -0.428. The standard InChI is InChI=1S/C24H22ClFN4O2/c1-15(31)30(14-16-5-6-16)22-10-7-17(11-20(22)26)21-9-8-19(13-27-21)29-24(32)12-18-3-2-4-23(25)28-18/h2-4,7-11,13,16H,5-6,12,14H2,1H3,(H,29,32). The van der Waals surface area contributed by atoms with Crippen LogP contribution >= 0.6 is 11.6 Å². The minimum absolute atomic E-state index is 0.0858. The average molecular weight is 453 g/mol. The van der Waals surface area contributed by atoms with Crippen molar-refractivity contribution in [3.05, 3.63) is 71.4 Å². The molecule has 0 spiro atoms. The second kappa shape index (κ2) is 9.44. The number of nitrogens with one attached hydrogen (secondary N) is 1. The van der Waals surface area contributed by atoms with E-state index in [0.29, 0.717) is 40.3 Å². The van der Waals surface area contributed by atoms with Crippen molar-refractivity contribution in [3.63, 3.8) is 0 Å². The van der Waals surface area contributed by atoms with Crippen LogP contribution in [0.5, 0.6) is 0 Å². The number of hydrogen-bond acceptors (Lipinski definition) is 4. The number of carbonyl (C=O) groups excluding carboxylic acids is 2. The van der Waals surface area contributed by atoms with Gasteiger partial charge in [-0.25, -0.2) is 9.37 Å². The lowest BCUT2D eigenvalue weighted by atomic mass is 10.1. The molecule has 1 aliphatic carbocycles. The van der Waals surface area contributed by atoms with E-state index in [4.69, 9.17) is 11.6 Å². The smallest absolute Gasteiger partial charge is 0.230 e. The molecule has 0 radical (unpaired) electrons. The summed E-state index contributed by atoms with van der Waals surface area (Å²) in [7, 11) is 0. The van der Waals surface area contributed by atoms with Crippen molar-refractivity contribution in [2.24, 2.45) is 5.92 Å². The molecule has 2 amide bonds. The van der Waals surface area contributed by atoms with Crippen LogP contribution in [-0.4, -0.2) is 28.3 Å². The Morgan fingerprint density at radius 3 is 2.62 bits per heavy atom. The third kappa shape index (κ3) is 5.48. The van der Waals surface area contributed by atoms with Gasteiger partial charge in [0.15, 0.2) is 0 Å². The lowest BCUT2D eigenvalue weighted by molar-refractivity contribution is -0.117. The molecule has 164 valence electrons. The summed E-state index contributed by atoms with van der Waals surface area (Å²) in [5, 5.41) is 3.09. The van der Waals surface area contributed by atoms with Crippen LogP contribution in [0.1, 0.15) is 25.5 Å². The van der Waals surface area contributed by atoms with Gasteiger partial charge >= 0.3 is 0 Å². The lowest BCUT2D eigenvalue weighted by Gasteiger charge is -2.22. The van der Waals surface area contributed by atoms with Crippen molar-refractivity contribution >= 4 is 34.8 Å². The molecule has 1 fully saturated rings. The predicted octanol–water partition coefficient (Wildman–Crippen LogP) is 4.88. The van der Waals surface area contributed by atoms with Crippen LogP contribution in [0.15, 0.2) is 54.7 Å². The topological polar surface area (TPSA) is 75.2 Å². The highest BCUT2D eigenvalue weighted by atomic mass is 35.5. The van der Waals surface area contributed by atoms with Gasteiger partial charge in [-0.15, -0.1) is 0 Å². The molecule has 32 heavy (non-hydrogen) atoms. The first-order valence-electron chi connectivity index (χ1n) is 10.3. The summed E-state index contributed by atoms with van der Waals surface area (Å²) < 4.78 is 14.8. The first-order valence-corrected chi connectivity index (χ1v) is 10.7. The van der Waals surface area contributed by atoms with Gasteiger partial charge < -0.3 is 10.2 Å². The van der Waals surface area contributed by atoms with Crippen LogP contribution in [0.25, 0.3) is 11.3 Å². The van der Waals surface area contributed by atoms with E-state index in [1.807, 2.05) is 0 Å². The van der Waals surface area contributed by atoms with Crippen LogP contribution in [0.2, 0.25) is 5.15 Å². The number of nitrogens with zero attached hydrogens (tertiary/aromatic N) is 3. The number of aromatic nitrogens is 2. The fourth-order valence-electron chi connectivity index (χ4n) is 3.40. The molecule has 0 aliphatic heterocycles. The molecule has 0 saturated heterocycles. The van der Waals surface area contributed by atoms with Crippen molar-refractivity contribution in [1.29, 1.82) is 0 Å². The van der Waals surface area contributed by atoms with Crippen LogP contribution < -0.4 is 10.2 Å². The van der Waals surface area contributed by atoms with Crippen molar-refractivity contribution in [2.75, 3.05) is 16.8 Å². The van der Waals surface area contributed by atoms with Gasteiger partial charge in [-0.05, 0) is 55.2 Å². The largest absolute Gasteiger partial charge is 0.324 e. The number of amides is 2. The molecule has 2 aromatic heterocycles. The summed E-state index contributed by atoms with van der Waals surface area (Å²) in [5.41, 5.74) is 2.51. The fraction of sp³-hybridized carbons (Fsp3) is 0.250. The summed E-state index contributed by atoms with van der Waals surface area (Å²) in [4.78, 5) is 34.1. The first-order chi connectivity index (χ1) is 15.4. The molecule has 8 heteroatoms. The Morgan fingerprint density at radius 1 is 1.19 bits per heavy atom. The van der Waals surface area contributed by atoms with Crippen molar-refractivity contribution in [1.82, 2.24) is 9.97 Å². The number of rotatable bonds is 7. The molecule has 3 aromatic rings. The van der Waals surface area contributed by atoms with Gasteiger partial charge in [0.1, 0.15) is 11.0 Å². The van der Waals surface area contributed by atoms with E-state index in [1.165, 1.54) is 24.1 Å². The zero-order valence-electron chi connectivity index (χ0n) is 17.5. The van der Waals surface area contributed by atoms with Crippen LogP contribution in [0, 0.1) is 11.7 Å². The molecule has 6 nitrogen and oxygen atoms in total. The van der Waals surface area contributed by atoms with Crippen molar-refractivity contribution in [2.45, 2.75) is 26.2 Å². The minimum atomic E-state index is -0.466. The van der Waals surface area contributed by atoms with Gasteiger partial charge in [0.2, 0.25) is 11.8 Å².